The quantitative estimate of drug-likeness (QED) is 0.909. The van der Waals surface area contributed by atoms with Gasteiger partial charge in [-0.1, -0.05) is 0 Å². The number of aromatic amines is 1. The molecule has 1 N–H and O–H groups in total. The van der Waals surface area contributed by atoms with Crippen LogP contribution >= 0.6 is 0 Å². The Morgan fingerprint density at radius 3 is 2.52 bits per heavy atom. The molecule has 0 aromatic carbocycles. The Bertz CT molecular complexity index is 686. The number of hydrogen-bond donors (Lipinski definition) is 1. The zero-order chi connectivity index (χ0) is 17.1. The van der Waals surface area contributed by atoms with Crippen molar-refractivity contribution < 1.29 is 4.79 Å². The number of tetrazole rings is 1. The van der Waals surface area contributed by atoms with E-state index in [0.29, 0.717) is 11.7 Å². The molecule has 0 aliphatic carbocycles. The Hall–Kier alpha value is -2.51. The lowest BCUT2D eigenvalue weighted by Crippen LogP contribution is -2.44. The predicted molar refractivity (Wildman–Crippen MR) is 92.8 cm³/mol. The van der Waals surface area contributed by atoms with Crippen LogP contribution in [0.1, 0.15) is 32.1 Å². The average Bonchev–Trinajstić information content (AvgIpc) is 3.23. The van der Waals surface area contributed by atoms with Crippen molar-refractivity contribution in [1.29, 1.82) is 0 Å². The van der Waals surface area contributed by atoms with E-state index in [0.717, 1.165) is 63.2 Å². The number of pyridine rings is 1. The Balaban J connectivity index is 1.34. The molecule has 132 valence electrons. The lowest BCUT2D eigenvalue weighted by molar-refractivity contribution is -0.137. The van der Waals surface area contributed by atoms with Crippen LogP contribution in [-0.2, 0) is 4.79 Å². The summed E-state index contributed by atoms with van der Waals surface area (Å²) >= 11 is 0. The van der Waals surface area contributed by atoms with Gasteiger partial charge in [0.25, 0.3) is 0 Å². The molecular formula is C17H23N7O. The van der Waals surface area contributed by atoms with Crippen LogP contribution in [0.25, 0.3) is 11.4 Å². The topological polar surface area (TPSA) is 90.9 Å². The molecule has 0 bridgehead atoms. The first-order valence-electron chi connectivity index (χ1n) is 9.05. The number of nitrogens with zero attached hydrogens (tertiary/aromatic N) is 6. The minimum Gasteiger partial charge on any atom is -0.357 e. The van der Waals surface area contributed by atoms with Crippen LogP contribution in [0.4, 0.5) is 5.82 Å². The van der Waals surface area contributed by atoms with Gasteiger partial charge in [0.2, 0.25) is 11.7 Å². The van der Waals surface area contributed by atoms with Gasteiger partial charge in [-0.25, -0.2) is 4.98 Å². The Morgan fingerprint density at radius 1 is 1.08 bits per heavy atom. The maximum Gasteiger partial charge on any atom is 0.225 e. The molecule has 0 radical (unpaired) electrons. The van der Waals surface area contributed by atoms with E-state index < -0.39 is 0 Å². The summed E-state index contributed by atoms with van der Waals surface area (Å²) in [6.45, 7) is 3.63. The number of hydrogen-bond acceptors (Lipinski definition) is 6. The molecule has 2 aromatic heterocycles. The standard InChI is InChI=1S/C17H23N7O/c25-17(24-8-2-1-3-9-24)13-6-10-23(11-7-13)15-5-4-14(12-18-15)16-19-21-22-20-16/h4-5,12-13H,1-3,6-11H2,(H,19,20,21,22). The van der Waals surface area contributed by atoms with Crippen molar-refractivity contribution in [3.63, 3.8) is 0 Å². The summed E-state index contributed by atoms with van der Waals surface area (Å²) in [6, 6.07) is 3.94. The second-order valence-corrected chi connectivity index (χ2v) is 6.79. The third kappa shape index (κ3) is 3.47. The van der Waals surface area contributed by atoms with Crippen LogP contribution in [0, 0.1) is 5.92 Å². The first kappa shape index (κ1) is 16.0. The molecule has 2 aromatic rings. The molecule has 0 unspecified atom stereocenters. The highest BCUT2D eigenvalue weighted by molar-refractivity contribution is 5.79. The summed E-state index contributed by atoms with van der Waals surface area (Å²) in [5, 5.41) is 13.9. The second-order valence-electron chi connectivity index (χ2n) is 6.79. The maximum absolute atomic E-state index is 12.6. The third-order valence-electron chi connectivity index (χ3n) is 5.19. The highest BCUT2D eigenvalue weighted by Crippen LogP contribution is 2.25. The minimum atomic E-state index is 0.174. The van der Waals surface area contributed by atoms with Gasteiger partial charge in [0.15, 0.2) is 0 Å². The lowest BCUT2D eigenvalue weighted by Gasteiger charge is -2.36. The fourth-order valence-electron chi connectivity index (χ4n) is 3.72. The first-order chi connectivity index (χ1) is 12.3. The van der Waals surface area contributed by atoms with E-state index in [1.165, 1.54) is 6.42 Å². The molecule has 0 spiro atoms. The fourth-order valence-corrected chi connectivity index (χ4v) is 3.72. The summed E-state index contributed by atoms with van der Waals surface area (Å²) in [5.74, 6) is 2.02. The van der Waals surface area contributed by atoms with Crippen LogP contribution in [0.15, 0.2) is 18.3 Å². The molecule has 0 saturated carbocycles. The smallest absolute Gasteiger partial charge is 0.225 e. The highest BCUT2D eigenvalue weighted by atomic mass is 16.2. The number of carbonyl (C=O) groups is 1. The molecule has 8 heteroatoms. The molecule has 2 aliphatic heterocycles. The van der Waals surface area contributed by atoms with E-state index in [1.807, 2.05) is 12.1 Å². The van der Waals surface area contributed by atoms with Crippen molar-refractivity contribution in [3.05, 3.63) is 18.3 Å². The van der Waals surface area contributed by atoms with Gasteiger partial charge in [-0.15, -0.1) is 10.2 Å². The number of nitrogens with one attached hydrogen (secondary N) is 1. The van der Waals surface area contributed by atoms with Crippen molar-refractivity contribution in [2.75, 3.05) is 31.1 Å². The number of amides is 1. The highest BCUT2D eigenvalue weighted by Gasteiger charge is 2.29. The van der Waals surface area contributed by atoms with Crippen molar-refractivity contribution in [1.82, 2.24) is 30.5 Å². The number of piperidine rings is 2. The molecule has 1 amide bonds. The largest absolute Gasteiger partial charge is 0.357 e. The van der Waals surface area contributed by atoms with Crippen molar-refractivity contribution in [2.45, 2.75) is 32.1 Å². The van der Waals surface area contributed by atoms with Crippen LogP contribution in [-0.4, -0.2) is 62.6 Å². The summed E-state index contributed by atoms with van der Waals surface area (Å²) in [7, 11) is 0. The predicted octanol–water partition coefficient (Wildman–Crippen LogP) is 1.49. The van der Waals surface area contributed by atoms with Gasteiger partial charge in [-0.05, 0) is 49.5 Å². The summed E-state index contributed by atoms with van der Waals surface area (Å²) in [4.78, 5) is 21.5. The van der Waals surface area contributed by atoms with Gasteiger partial charge in [0, 0.05) is 43.9 Å². The molecule has 4 heterocycles. The lowest BCUT2D eigenvalue weighted by atomic mass is 9.94. The first-order valence-corrected chi connectivity index (χ1v) is 9.05. The normalized spacial score (nSPS) is 19.2. The van der Waals surface area contributed by atoms with Gasteiger partial charge in [0.05, 0.1) is 0 Å². The van der Waals surface area contributed by atoms with Crippen LogP contribution in [0.2, 0.25) is 0 Å². The molecule has 0 atom stereocenters. The van der Waals surface area contributed by atoms with Gasteiger partial charge in [0.1, 0.15) is 5.82 Å². The van der Waals surface area contributed by atoms with Crippen molar-refractivity contribution >= 4 is 11.7 Å². The van der Waals surface area contributed by atoms with Crippen LogP contribution < -0.4 is 4.90 Å². The van der Waals surface area contributed by atoms with E-state index in [1.54, 1.807) is 6.20 Å². The second kappa shape index (κ2) is 7.16. The molecular weight excluding hydrogens is 318 g/mol. The van der Waals surface area contributed by atoms with Gasteiger partial charge in [-0.3, -0.25) is 4.79 Å². The minimum absolute atomic E-state index is 0.174. The SMILES string of the molecule is O=C(C1CCN(c2ccc(-c3nn[nH]n3)cn2)CC1)N1CCCCC1. The third-order valence-corrected chi connectivity index (χ3v) is 5.19. The zero-order valence-corrected chi connectivity index (χ0v) is 14.3. The maximum atomic E-state index is 12.6. The number of H-pyrrole nitrogens is 1. The monoisotopic (exact) mass is 341 g/mol. The Kier molecular flexibility index (Phi) is 4.58. The van der Waals surface area contributed by atoms with E-state index >= 15 is 0 Å². The molecule has 2 aliphatic rings. The number of aromatic nitrogens is 5. The van der Waals surface area contributed by atoms with Crippen molar-refractivity contribution in [3.8, 4) is 11.4 Å². The number of carbonyl (C=O) groups excluding carboxylic acids is 1. The summed E-state index contributed by atoms with van der Waals surface area (Å²) < 4.78 is 0. The Labute approximate surface area is 146 Å². The van der Waals surface area contributed by atoms with Crippen LogP contribution in [0.3, 0.4) is 0 Å². The molecule has 25 heavy (non-hydrogen) atoms. The van der Waals surface area contributed by atoms with E-state index in [4.69, 9.17) is 0 Å². The van der Waals surface area contributed by atoms with Crippen molar-refractivity contribution in [2.24, 2.45) is 5.92 Å². The van der Waals surface area contributed by atoms with Gasteiger partial charge >= 0.3 is 0 Å². The Morgan fingerprint density at radius 2 is 1.88 bits per heavy atom. The molecule has 8 nitrogen and oxygen atoms in total. The summed E-state index contributed by atoms with van der Waals surface area (Å²) in [5.41, 5.74) is 0.840. The zero-order valence-electron chi connectivity index (χ0n) is 14.3. The van der Waals surface area contributed by atoms with E-state index in [-0.39, 0.29) is 5.92 Å². The van der Waals surface area contributed by atoms with E-state index in [2.05, 4.69) is 35.4 Å². The number of likely N-dealkylation sites (tertiary alicyclic amines) is 1. The average molecular weight is 341 g/mol. The molecule has 2 fully saturated rings. The fraction of sp³-hybridized carbons (Fsp3) is 0.588. The van der Waals surface area contributed by atoms with Crippen LogP contribution in [0.5, 0.6) is 0 Å². The summed E-state index contributed by atoms with van der Waals surface area (Å²) in [6.07, 6.45) is 7.15. The van der Waals surface area contributed by atoms with E-state index in [9.17, 15) is 4.79 Å². The number of anilines is 1. The number of rotatable bonds is 3. The molecule has 2 saturated heterocycles. The van der Waals surface area contributed by atoms with Gasteiger partial charge < -0.3 is 9.80 Å². The van der Waals surface area contributed by atoms with Gasteiger partial charge in [-0.2, -0.15) is 5.21 Å². The molecule has 4 rings (SSSR count).